The van der Waals surface area contributed by atoms with E-state index in [9.17, 15) is 14.7 Å². The van der Waals surface area contributed by atoms with Crippen LogP contribution in [-0.4, -0.2) is 35.4 Å². The molecule has 1 atom stereocenters. The Morgan fingerprint density at radius 3 is 2.13 bits per heavy atom. The number of aliphatic hydroxyl groups is 1. The van der Waals surface area contributed by atoms with Gasteiger partial charge in [-0.15, -0.1) is 0 Å². The fraction of sp³-hybridized carbons (Fsp3) is 0.152. The van der Waals surface area contributed by atoms with Crippen molar-refractivity contribution in [2.24, 2.45) is 0 Å². The minimum Gasteiger partial charge on any atom is -0.507 e. The summed E-state index contributed by atoms with van der Waals surface area (Å²) in [4.78, 5) is 28.2. The van der Waals surface area contributed by atoms with Crippen molar-refractivity contribution in [1.29, 1.82) is 0 Å². The van der Waals surface area contributed by atoms with E-state index in [4.69, 9.17) is 9.47 Å². The molecule has 0 radical (unpaired) electrons. The summed E-state index contributed by atoms with van der Waals surface area (Å²) in [5, 5.41) is 11.3. The number of hydrogen-bond donors (Lipinski definition) is 1. The number of Topliss-reactive ketones (excluding diaryl/α,β-unsaturated/α-hetero) is 1. The Morgan fingerprint density at radius 1 is 0.795 bits per heavy atom. The maximum Gasteiger partial charge on any atom is 0.295 e. The van der Waals surface area contributed by atoms with E-state index in [1.807, 2.05) is 84.9 Å². The number of nitrogens with zero attached hydrogens (tertiary/aromatic N) is 1. The summed E-state index contributed by atoms with van der Waals surface area (Å²) in [6.45, 7) is 0.742. The summed E-state index contributed by atoms with van der Waals surface area (Å²) in [6.07, 6.45) is 0.571. The molecule has 1 heterocycles. The molecule has 5 rings (SSSR count). The average molecular weight is 520 g/mol. The highest BCUT2D eigenvalue weighted by Gasteiger charge is 2.45. The lowest BCUT2D eigenvalue weighted by Crippen LogP contribution is -2.31. The first-order chi connectivity index (χ1) is 19.0. The van der Waals surface area contributed by atoms with Crippen LogP contribution in [0.4, 0.5) is 0 Å². The molecule has 1 unspecified atom stereocenters. The van der Waals surface area contributed by atoms with E-state index in [-0.39, 0.29) is 11.3 Å². The summed E-state index contributed by atoms with van der Waals surface area (Å²) >= 11 is 0. The molecule has 1 aliphatic rings. The maximum atomic E-state index is 13.3. The number of ether oxygens (including phenoxy) is 2. The van der Waals surface area contributed by atoms with Crippen molar-refractivity contribution in [2.75, 3.05) is 13.7 Å². The highest BCUT2D eigenvalue weighted by Crippen LogP contribution is 2.40. The molecule has 1 fully saturated rings. The van der Waals surface area contributed by atoms with Crippen LogP contribution < -0.4 is 9.47 Å². The van der Waals surface area contributed by atoms with Gasteiger partial charge in [-0.05, 0) is 47.4 Å². The number of carbonyl (C=O) groups is 2. The van der Waals surface area contributed by atoms with Crippen molar-refractivity contribution in [3.05, 3.63) is 137 Å². The molecular formula is C33H29NO5. The van der Waals surface area contributed by atoms with Gasteiger partial charge in [0.05, 0.1) is 18.7 Å². The van der Waals surface area contributed by atoms with Crippen LogP contribution in [-0.2, 0) is 22.6 Å². The van der Waals surface area contributed by atoms with Gasteiger partial charge in [-0.25, -0.2) is 0 Å². The van der Waals surface area contributed by atoms with Crippen LogP contribution in [0.5, 0.6) is 11.5 Å². The molecular weight excluding hydrogens is 490 g/mol. The summed E-state index contributed by atoms with van der Waals surface area (Å²) in [5.41, 5.74) is 3.27. The number of ketones is 1. The van der Waals surface area contributed by atoms with Crippen LogP contribution in [0.1, 0.15) is 28.3 Å². The van der Waals surface area contributed by atoms with Crippen LogP contribution in [0.15, 0.2) is 115 Å². The Morgan fingerprint density at radius 2 is 1.46 bits per heavy atom. The maximum absolute atomic E-state index is 13.3. The smallest absolute Gasteiger partial charge is 0.295 e. The molecule has 0 aliphatic carbocycles. The van der Waals surface area contributed by atoms with E-state index in [1.165, 1.54) is 7.11 Å². The van der Waals surface area contributed by atoms with E-state index in [0.29, 0.717) is 42.2 Å². The van der Waals surface area contributed by atoms with Crippen molar-refractivity contribution in [3.63, 3.8) is 0 Å². The second-order valence-electron chi connectivity index (χ2n) is 9.30. The summed E-state index contributed by atoms with van der Waals surface area (Å²) in [6, 6.07) is 33.0. The van der Waals surface area contributed by atoms with E-state index in [0.717, 1.165) is 11.1 Å². The Hall–Kier alpha value is -4.84. The highest BCUT2D eigenvalue weighted by molar-refractivity contribution is 6.46. The first-order valence-corrected chi connectivity index (χ1v) is 12.8. The van der Waals surface area contributed by atoms with E-state index < -0.39 is 17.7 Å². The molecule has 4 aromatic carbocycles. The normalized spacial score (nSPS) is 16.3. The van der Waals surface area contributed by atoms with Gasteiger partial charge in [0.1, 0.15) is 23.9 Å². The highest BCUT2D eigenvalue weighted by atomic mass is 16.5. The van der Waals surface area contributed by atoms with E-state index >= 15 is 0 Å². The molecule has 0 bridgehead atoms. The number of benzene rings is 4. The van der Waals surface area contributed by atoms with Gasteiger partial charge in [-0.2, -0.15) is 0 Å². The van der Waals surface area contributed by atoms with Gasteiger partial charge in [0.15, 0.2) is 0 Å². The molecule has 0 saturated carbocycles. The van der Waals surface area contributed by atoms with Gasteiger partial charge >= 0.3 is 0 Å². The SMILES string of the molecule is COc1cccc(C(O)=C2C(=O)C(=O)N(CCc3ccccc3)C2c2ccc(OCc3ccccc3)cc2)c1. The zero-order chi connectivity index (χ0) is 27.2. The second-order valence-corrected chi connectivity index (χ2v) is 9.30. The summed E-state index contributed by atoms with van der Waals surface area (Å²) < 4.78 is 11.2. The average Bonchev–Trinajstić information content (AvgIpc) is 3.25. The Bertz CT molecular complexity index is 1480. The van der Waals surface area contributed by atoms with Crippen LogP contribution in [0.3, 0.4) is 0 Å². The minimum absolute atomic E-state index is 0.0549. The molecule has 6 nitrogen and oxygen atoms in total. The number of likely N-dealkylation sites (tertiary alicyclic amines) is 1. The predicted molar refractivity (Wildman–Crippen MR) is 149 cm³/mol. The first-order valence-electron chi connectivity index (χ1n) is 12.8. The second kappa shape index (κ2) is 11.7. The zero-order valence-electron chi connectivity index (χ0n) is 21.6. The zero-order valence-corrected chi connectivity index (χ0v) is 21.6. The van der Waals surface area contributed by atoms with Crippen LogP contribution in [0.25, 0.3) is 5.76 Å². The summed E-state index contributed by atoms with van der Waals surface area (Å²) in [7, 11) is 1.53. The van der Waals surface area contributed by atoms with Gasteiger partial charge in [-0.1, -0.05) is 84.9 Å². The van der Waals surface area contributed by atoms with Crippen molar-refractivity contribution >= 4 is 17.4 Å². The van der Waals surface area contributed by atoms with E-state index in [2.05, 4.69) is 0 Å². The number of hydrogen-bond acceptors (Lipinski definition) is 5. The largest absolute Gasteiger partial charge is 0.507 e. The van der Waals surface area contributed by atoms with Crippen LogP contribution in [0.2, 0.25) is 0 Å². The predicted octanol–water partition coefficient (Wildman–Crippen LogP) is 5.94. The van der Waals surface area contributed by atoms with Gasteiger partial charge in [0, 0.05) is 12.1 Å². The van der Waals surface area contributed by atoms with Crippen molar-refractivity contribution in [1.82, 2.24) is 4.90 Å². The number of carbonyl (C=O) groups excluding carboxylic acids is 2. The lowest BCUT2D eigenvalue weighted by molar-refractivity contribution is -0.139. The molecule has 1 aliphatic heterocycles. The molecule has 196 valence electrons. The molecule has 1 N–H and O–H groups in total. The third kappa shape index (κ3) is 5.70. The fourth-order valence-corrected chi connectivity index (χ4v) is 4.76. The topological polar surface area (TPSA) is 76.1 Å². The fourth-order valence-electron chi connectivity index (χ4n) is 4.76. The third-order valence-corrected chi connectivity index (χ3v) is 6.81. The lowest BCUT2D eigenvalue weighted by Gasteiger charge is -2.25. The van der Waals surface area contributed by atoms with Crippen molar-refractivity contribution < 1.29 is 24.2 Å². The molecule has 1 amide bonds. The van der Waals surface area contributed by atoms with Crippen LogP contribution >= 0.6 is 0 Å². The number of aliphatic hydroxyl groups excluding tert-OH is 1. The number of methoxy groups -OCH3 is 1. The van der Waals surface area contributed by atoms with Crippen molar-refractivity contribution in [3.8, 4) is 11.5 Å². The van der Waals surface area contributed by atoms with Crippen LogP contribution in [0, 0.1) is 0 Å². The number of amides is 1. The Kier molecular flexibility index (Phi) is 7.73. The van der Waals surface area contributed by atoms with Gasteiger partial charge in [0.25, 0.3) is 11.7 Å². The molecule has 39 heavy (non-hydrogen) atoms. The minimum atomic E-state index is -0.747. The standard InChI is InChI=1S/C33H29NO5/c1-38-28-14-8-13-26(21-28)31(35)29-30(34(33(37)32(29)36)20-19-23-9-4-2-5-10-23)25-15-17-27(18-16-25)39-22-24-11-6-3-7-12-24/h2-18,21,30,35H,19-20,22H2,1H3. The molecule has 0 aromatic heterocycles. The van der Waals surface area contributed by atoms with Crippen molar-refractivity contribution in [2.45, 2.75) is 19.1 Å². The van der Waals surface area contributed by atoms with Gasteiger partial charge in [-0.3, -0.25) is 9.59 Å². The first kappa shape index (κ1) is 25.8. The Labute approximate surface area is 227 Å². The number of rotatable bonds is 9. The molecule has 1 saturated heterocycles. The third-order valence-electron chi connectivity index (χ3n) is 6.81. The lowest BCUT2D eigenvalue weighted by atomic mass is 9.95. The summed E-state index contributed by atoms with van der Waals surface area (Å²) in [5.74, 6) is -0.378. The molecule has 4 aromatic rings. The monoisotopic (exact) mass is 519 g/mol. The Balaban J connectivity index is 1.49. The van der Waals surface area contributed by atoms with Gasteiger partial charge < -0.3 is 19.5 Å². The quantitative estimate of drug-likeness (QED) is 0.168. The van der Waals surface area contributed by atoms with Gasteiger partial charge in [0.2, 0.25) is 0 Å². The molecule has 6 heteroatoms. The molecule has 0 spiro atoms. The van der Waals surface area contributed by atoms with E-state index in [1.54, 1.807) is 29.2 Å².